The van der Waals surface area contributed by atoms with Gasteiger partial charge in [-0.25, -0.2) is 4.79 Å². The minimum atomic E-state index is -0.411. The minimum Gasteiger partial charge on any atom is -0.497 e. The normalized spacial score (nSPS) is 10.4. The molecule has 6 heteroatoms. The third-order valence-electron chi connectivity index (χ3n) is 4.45. The molecule has 0 radical (unpaired) electrons. The first-order valence-corrected chi connectivity index (χ1v) is 11.1. The van der Waals surface area contributed by atoms with Crippen molar-refractivity contribution < 1.29 is 23.8 Å². The first-order valence-electron chi connectivity index (χ1n) is 11.1. The Kier molecular flexibility index (Phi) is 17.2. The highest BCUT2D eigenvalue weighted by molar-refractivity contribution is 5.69. The zero-order valence-corrected chi connectivity index (χ0v) is 20.4. The standard InChI is InChI=1S/C21H25NO4.C3H8O.C2H6/c1-3-26-21(24)22(14-12-17-8-7-11-19(16-17)25-2)20(13-15-23)18-9-5-4-6-10-18;1-3-4-2;1-2/h4-11,15-16,20H,3,12-14H2,1-2H3;3H2,1-2H3;1-2H3. The Morgan fingerprint density at radius 3 is 2.19 bits per heavy atom. The van der Waals surface area contributed by atoms with Crippen molar-refractivity contribution >= 4 is 12.4 Å². The van der Waals surface area contributed by atoms with Crippen LogP contribution in [0.3, 0.4) is 0 Å². The predicted molar refractivity (Wildman–Crippen MR) is 129 cm³/mol. The molecule has 0 heterocycles. The molecule has 0 aromatic heterocycles. The van der Waals surface area contributed by atoms with Crippen LogP contribution >= 0.6 is 0 Å². The molecular weight excluding hydrogens is 406 g/mol. The lowest BCUT2D eigenvalue weighted by molar-refractivity contribution is -0.108. The van der Waals surface area contributed by atoms with E-state index in [4.69, 9.17) is 9.47 Å². The van der Waals surface area contributed by atoms with Crippen molar-refractivity contribution in [3.05, 3.63) is 65.7 Å². The highest BCUT2D eigenvalue weighted by Crippen LogP contribution is 2.25. The molecule has 0 saturated heterocycles. The maximum Gasteiger partial charge on any atom is 0.410 e. The van der Waals surface area contributed by atoms with Crippen molar-refractivity contribution in [1.29, 1.82) is 0 Å². The van der Waals surface area contributed by atoms with E-state index in [1.54, 1.807) is 26.0 Å². The summed E-state index contributed by atoms with van der Waals surface area (Å²) in [6.45, 7) is 9.28. The van der Waals surface area contributed by atoms with Crippen molar-refractivity contribution in [3.63, 3.8) is 0 Å². The van der Waals surface area contributed by atoms with Gasteiger partial charge in [0.15, 0.2) is 0 Å². The fourth-order valence-electron chi connectivity index (χ4n) is 2.87. The second-order valence-corrected chi connectivity index (χ2v) is 6.40. The number of carbonyl (C=O) groups is 2. The van der Waals surface area contributed by atoms with Crippen LogP contribution in [0.5, 0.6) is 5.75 Å². The van der Waals surface area contributed by atoms with Crippen LogP contribution in [0.2, 0.25) is 0 Å². The van der Waals surface area contributed by atoms with Gasteiger partial charge in [-0.15, -0.1) is 0 Å². The number of hydrogen-bond donors (Lipinski definition) is 0. The number of carbonyl (C=O) groups excluding carboxylic acids is 2. The predicted octanol–water partition coefficient (Wildman–Crippen LogP) is 5.71. The summed E-state index contributed by atoms with van der Waals surface area (Å²) in [6.07, 6.45) is 1.29. The molecule has 2 aromatic carbocycles. The van der Waals surface area contributed by atoms with Gasteiger partial charge in [-0.2, -0.15) is 0 Å². The molecule has 0 aliphatic carbocycles. The zero-order valence-electron chi connectivity index (χ0n) is 20.4. The monoisotopic (exact) mass is 445 g/mol. The lowest BCUT2D eigenvalue weighted by Gasteiger charge is -2.30. The average molecular weight is 446 g/mol. The summed E-state index contributed by atoms with van der Waals surface area (Å²) in [7, 11) is 3.31. The van der Waals surface area contributed by atoms with E-state index in [0.717, 1.165) is 29.8 Å². The van der Waals surface area contributed by atoms with E-state index in [1.165, 1.54) is 0 Å². The molecule has 0 bridgehead atoms. The van der Waals surface area contributed by atoms with E-state index in [1.807, 2.05) is 75.4 Å². The number of aldehydes is 1. The van der Waals surface area contributed by atoms with Crippen molar-refractivity contribution in [2.75, 3.05) is 34.0 Å². The largest absolute Gasteiger partial charge is 0.497 e. The smallest absolute Gasteiger partial charge is 0.410 e. The van der Waals surface area contributed by atoms with Crippen molar-refractivity contribution in [1.82, 2.24) is 4.90 Å². The number of ether oxygens (including phenoxy) is 3. The van der Waals surface area contributed by atoms with Crippen LogP contribution in [-0.4, -0.2) is 51.3 Å². The SMILES string of the molecule is CC.CCOC.CCOC(=O)N(CCc1cccc(OC)c1)C(CC=O)c1ccccc1. The Balaban J connectivity index is 0.00000144. The van der Waals surface area contributed by atoms with Crippen LogP contribution < -0.4 is 4.74 Å². The van der Waals surface area contributed by atoms with E-state index in [0.29, 0.717) is 13.0 Å². The van der Waals surface area contributed by atoms with Gasteiger partial charge in [0, 0.05) is 26.7 Å². The molecule has 0 spiro atoms. The molecule has 0 fully saturated rings. The van der Waals surface area contributed by atoms with Gasteiger partial charge >= 0.3 is 6.09 Å². The highest BCUT2D eigenvalue weighted by atomic mass is 16.6. The summed E-state index contributed by atoms with van der Waals surface area (Å²) in [5.41, 5.74) is 1.97. The lowest BCUT2D eigenvalue weighted by Crippen LogP contribution is -2.37. The summed E-state index contributed by atoms with van der Waals surface area (Å²) in [5.74, 6) is 0.776. The first-order chi connectivity index (χ1) is 15.6. The van der Waals surface area contributed by atoms with Gasteiger partial charge in [-0.05, 0) is 43.5 Å². The minimum absolute atomic E-state index is 0.223. The van der Waals surface area contributed by atoms with Crippen molar-refractivity contribution in [2.24, 2.45) is 0 Å². The van der Waals surface area contributed by atoms with Gasteiger partial charge in [-0.3, -0.25) is 0 Å². The number of benzene rings is 2. The Labute approximate surface area is 193 Å². The average Bonchev–Trinajstić information content (AvgIpc) is 2.85. The van der Waals surface area contributed by atoms with Crippen LogP contribution in [0, 0.1) is 0 Å². The summed E-state index contributed by atoms with van der Waals surface area (Å²) < 4.78 is 15.0. The lowest BCUT2D eigenvalue weighted by atomic mass is 10.0. The number of methoxy groups -OCH3 is 2. The molecule has 0 aliphatic rings. The second-order valence-electron chi connectivity index (χ2n) is 6.40. The molecule has 1 amide bonds. The van der Waals surface area contributed by atoms with Crippen LogP contribution in [0.15, 0.2) is 54.6 Å². The molecule has 2 rings (SSSR count). The Morgan fingerprint density at radius 2 is 1.66 bits per heavy atom. The third kappa shape index (κ3) is 11.0. The molecule has 0 N–H and O–H groups in total. The summed E-state index contributed by atoms with van der Waals surface area (Å²) in [6, 6.07) is 16.9. The molecule has 6 nitrogen and oxygen atoms in total. The number of amides is 1. The van der Waals surface area contributed by atoms with Crippen molar-refractivity contribution in [2.45, 2.75) is 46.6 Å². The zero-order chi connectivity index (χ0) is 24.2. The van der Waals surface area contributed by atoms with Crippen molar-refractivity contribution in [3.8, 4) is 5.75 Å². The highest BCUT2D eigenvalue weighted by Gasteiger charge is 2.25. The summed E-state index contributed by atoms with van der Waals surface area (Å²) >= 11 is 0. The van der Waals surface area contributed by atoms with Crippen LogP contribution in [0.25, 0.3) is 0 Å². The summed E-state index contributed by atoms with van der Waals surface area (Å²) in [4.78, 5) is 25.4. The van der Waals surface area contributed by atoms with Gasteiger partial charge < -0.3 is 23.9 Å². The molecule has 32 heavy (non-hydrogen) atoms. The molecule has 1 atom stereocenters. The molecule has 0 aliphatic heterocycles. The second kappa shape index (κ2) is 18.9. The molecule has 1 unspecified atom stereocenters. The number of nitrogens with zero attached hydrogens (tertiary/aromatic N) is 1. The Morgan fingerprint density at radius 1 is 1.00 bits per heavy atom. The van der Waals surface area contributed by atoms with E-state index < -0.39 is 6.09 Å². The first kappa shape index (κ1) is 29.1. The van der Waals surface area contributed by atoms with Gasteiger partial charge in [0.25, 0.3) is 0 Å². The summed E-state index contributed by atoms with van der Waals surface area (Å²) in [5, 5.41) is 0. The molecule has 178 valence electrons. The Bertz CT molecular complexity index is 734. The maximum absolute atomic E-state index is 12.5. The van der Waals surface area contributed by atoms with E-state index in [2.05, 4.69) is 4.74 Å². The van der Waals surface area contributed by atoms with Gasteiger partial charge in [-0.1, -0.05) is 56.3 Å². The topological polar surface area (TPSA) is 65.1 Å². The fourth-order valence-corrected chi connectivity index (χ4v) is 2.87. The Hall–Kier alpha value is -2.86. The third-order valence-corrected chi connectivity index (χ3v) is 4.45. The molecule has 2 aromatic rings. The number of rotatable bonds is 10. The maximum atomic E-state index is 12.5. The van der Waals surface area contributed by atoms with Crippen LogP contribution in [0.4, 0.5) is 4.79 Å². The molecule has 0 saturated carbocycles. The fraction of sp³-hybridized carbons (Fsp3) is 0.462. The van der Waals surface area contributed by atoms with Gasteiger partial charge in [0.1, 0.15) is 12.0 Å². The quantitative estimate of drug-likeness (QED) is 0.439. The van der Waals surface area contributed by atoms with Crippen LogP contribution in [0.1, 0.15) is 51.3 Å². The van der Waals surface area contributed by atoms with E-state index in [9.17, 15) is 9.59 Å². The van der Waals surface area contributed by atoms with Gasteiger partial charge in [0.05, 0.1) is 19.8 Å². The van der Waals surface area contributed by atoms with Crippen LogP contribution in [-0.2, 0) is 20.7 Å². The van der Waals surface area contributed by atoms with E-state index >= 15 is 0 Å². The molecular formula is C26H39NO5. The van der Waals surface area contributed by atoms with Gasteiger partial charge in [0.2, 0.25) is 0 Å². The number of hydrogen-bond acceptors (Lipinski definition) is 5. The van der Waals surface area contributed by atoms with E-state index in [-0.39, 0.29) is 19.1 Å².